The molecule has 0 heterocycles. The molecule has 1 amide bonds. The van der Waals surface area contributed by atoms with Gasteiger partial charge in [0.2, 0.25) is 0 Å². The fourth-order valence-electron chi connectivity index (χ4n) is 3.12. The Morgan fingerprint density at radius 3 is 2.21 bits per heavy atom. The lowest BCUT2D eigenvalue weighted by atomic mass is 10.1. The van der Waals surface area contributed by atoms with Crippen molar-refractivity contribution in [2.24, 2.45) is 0 Å². The van der Waals surface area contributed by atoms with Gasteiger partial charge in [-0.1, -0.05) is 19.1 Å². The molecule has 0 aliphatic rings. The largest absolute Gasteiger partial charge is 0.497 e. The van der Waals surface area contributed by atoms with E-state index in [0.717, 1.165) is 11.1 Å². The lowest BCUT2D eigenvalue weighted by molar-refractivity contribution is -0.122. The predicted octanol–water partition coefficient (Wildman–Crippen LogP) is 4.91. The molecule has 0 aromatic heterocycles. The fraction of sp³-hybridized carbons (Fsp3) is 0.240. The first kappa shape index (κ1) is 24.1. The van der Waals surface area contributed by atoms with Crippen molar-refractivity contribution in [3.63, 3.8) is 0 Å². The molecule has 0 aliphatic heterocycles. The third-order valence-corrected chi connectivity index (χ3v) is 6.57. The number of ether oxygens (including phenoxy) is 2. The summed E-state index contributed by atoms with van der Waals surface area (Å²) in [5.74, 6) is 0.827. The summed E-state index contributed by atoms with van der Waals surface area (Å²) in [4.78, 5) is 12.8. The van der Waals surface area contributed by atoms with Gasteiger partial charge in [0, 0.05) is 17.4 Å². The van der Waals surface area contributed by atoms with Gasteiger partial charge >= 0.3 is 0 Å². The van der Waals surface area contributed by atoms with Crippen LogP contribution in [0.1, 0.15) is 24.5 Å². The molecule has 0 radical (unpaired) electrons. The van der Waals surface area contributed by atoms with Gasteiger partial charge in [-0.2, -0.15) is 0 Å². The summed E-state index contributed by atoms with van der Waals surface area (Å²) < 4.78 is 39.0. The highest BCUT2D eigenvalue weighted by Crippen LogP contribution is 2.23. The van der Waals surface area contributed by atoms with E-state index in [-0.39, 0.29) is 10.8 Å². The van der Waals surface area contributed by atoms with Crippen LogP contribution in [0.5, 0.6) is 11.5 Å². The number of aryl methyl sites for hydroxylation is 2. The maximum Gasteiger partial charge on any atom is 0.265 e. The second-order valence-corrected chi connectivity index (χ2v) is 9.29. The fourth-order valence-corrected chi connectivity index (χ4v) is 4.17. The van der Waals surface area contributed by atoms with Crippen molar-refractivity contribution in [2.75, 3.05) is 17.1 Å². The molecule has 0 saturated carbocycles. The summed E-state index contributed by atoms with van der Waals surface area (Å²) in [6.07, 6.45) is -0.262. The third kappa shape index (κ3) is 6.26. The monoisotopic (exact) mass is 468 g/mol. The summed E-state index contributed by atoms with van der Waals surface area (Å²) >= 11 is 0. The SMILES string of the molecule is CC[C@@H](Oc1cccc(OC)c1)C(=O)Nc1ccc(S(=O)(=O)Nc2ccc(C)c(C)c2)cc1. The number of hydrogen-bond acceptors (Lipinski definition) is 5. The second-order valence-electron chi connectivity index (χ2n) is 7.61. The lowest BCUT2D eigenvalue weighted by Gasteiger charge is -2.18. The van der Waals surface area contributed by atoms with Gasteiger partial charge in [-0.05, 0) is 79.9 Å². The van der Waals surface area contributed by atoms with Crippen molar-refractivity contribution in [3.05, 3.63) is 77.9 Å². The normalized spacial score (nSPS) is 12.0. The number of nitrogens with one attached hydrogen (secondary N) is 2. The van der Waals surface area contributed by atoms with E-state index in [1.54, 1.807) is 55.6 Å². The minimum absolute atomic E-state index is 0.0957. The van der Waals surface area contributed by atoms with E-state index in [0.29, 0.717) is 29.3 Å². The van der Waals surface area contributed by atoms with Crippen LogP contribution in [0.15, 0.2) is 71.6 Å². The average molecular weight is 469 g/mol. The van der Waals surface area contributed by atoms with Crippen LogP contribution in [-0.4, -0.2) is 27.5 Å². The first-order chi connectivity index (χ1) is 15.7. The van der Waals surface area contributed by atoms with Gasteiger partial charge < -0.3 is 14.8 Å². The Labute approximate surface area is 194 Å². The zero-order valence-corrected chi connectivity index (χ0v) is 19.9. The van der Waals surface area contributed by atoms with Gasteiger partial charge in [0.15, 0.2) is 6.10 Å². The number of anilines is 2. The van der Waals surface area contributed by atoms with E-state index in [1.165, 1.54) is 12.1 Å². The van der Waals surface area contributed by atoms with Crippen LogP contribution < -0.4 is 19.5 Å². The maximum absolute atomic E-state index is 12.7. The van der Waals surface area contributed by atoms with E-state index in [4.69, 9.17) is 9.47 Å². The van der Waals surface area contributed by atoms with Crippen LogP contribution in [0.3, 0.4) is 0 Å². The first-order valence-corrected chi connectivity index (χ1v) is 12.0. The molecule has 7 nitrogen and oxygen atoms in total. The molecule has 174 valence electrons. The third-order valence-electron chi connectivity index (χ3n) is 5.17. The molecule has 3 aromatic carbocycles. The Morgan fingerprint density at radius 1 is 0.909 bits per heavy atom. The zero-order valence-electron chi connectivity index (χ0n) is 19.1. The molecule has 3 rings (SSSR count). The standard InChI is InChI=1S/C25H28N2O5S/c1-5-24(32-22-8-6-7-21(16-22)31-4)25(28)26-19-11-13-23(14-12-19)33(29,30)27-20-10-9-17(2)18(3)15-20/h6-16,24,27H,5H2,1-4H3,(H,26,28)/t24-/m1/s1. The van der Waals surface area contributed by atoms with Gasteiger partial charge in [0.1, 0.15) is 11.5 Å². The van der Waals surface area contributed by atoms with Crippen LogP contribution >= 0.6 is 0 Å². The predicted molar refractivity (Wildman–Crippen MR) is 129 cm³/mol. The number of benzene rings is 3. The number of methoxy groups -OCH3 is 1. The van der Waals surface area contributed by atoms with E-state index < -0.39 is 16.1 Å². The van der Waals surface area contributed by atoms with Crippen LogP contribution in [-0.2, 0) is 14.8 Å². The van der Waals surface area contributed by atoms with Crippen LogP contribution in [0, 0.1) is 13.8 Å². The number of carbonyl (C=O) groups is 1. The van der Waals surface area contributed by atoms with E-state index >= 15 is 0 Å². The van der Waals surface area contributed by atoms with Crippen molar-refractivity contribution < 1.29 is 22.7 Å². The van der Waals surface area contributed by atoms with Crippen LogP contribution in [0.4, 0.5) is 11.4 Å². The lowest BCUT2D eigenvalue weighted by Crippen LogP contribution is -2.32. The maximum atomic E-state index is 12.7. The number of carbonyl (C=O) groups excluding carboxylic acids is 1. The minimum atomic E-state index is -3.76. The summed E-state index contributed by atoms with van der Waals surface area (Å²) in [5, 5.41) is 2.77. The molecule has 0 unspecified atom stereocenters. The molecule has 8 heteroatoms. The summed E-state index contributed by atoms with van der Waals surface area (Å²) in [7, 11) is -2.20. The molecule has 0 bridgehead atoms. The quantitative estimate of drug-likeness (QED) is 0.465. The average Bonchev–Trinajstić information content (AvgIpc) is 2.80. The highest BCUT2D eigenvalue weighted by atomic mass is 32.2. The highest BCUT2D eigenvalue weighted by molar-refractivity contribution is 7.92. The smallest absolute Gasteiger partial charge is 0.265 e. The number of amides is 1. The van der Waals surface area contributed by atoms with Crippen molar-refractivity contribution in [2.45, 2.75) is 38.2 Å². The van der Waals surface area contributed by atoms with Crippen molar-refractivity contribution >= 4 is 27.3 Å². The molecule has 2 N–H and O–H groups in total. The van der Waals surface area contributed by atoms with Gasteiger partial charge in [-0.3, -0.25) is 9.52 Å². The molecule has 0 saturated heterocycles. The summed E-state index contributed by atoms with van der Waals surface area (Å²) in [6, 6.07) is 18.4. The van der Waals surface area contributed by atoms with Crippen molar-refractivity contribution in [1.29, 1.82) is 0 Å². The molecule has 3 aromatic rings. The van der Waals surface area contributed by atoms with Gasteiger partial charge in [-0.25, -0.2) is 8.42 Å². The minimum Gasteiger partial charge on any atom is -0.497 e. The van der Waals surface area contributed by atoms with E-state index in [1.807, 2.05) is 26.8 Å². The Morgan fingerprint density at radius 2 is 1.58 bits per heavy atom. The molecule has 0 fully saturated rings. The second kappa shape index (κ2) is 10.4. The number of hydrogen-bond donors (Lipinski definition) is 2. The molecule has 33 heavy (non-hydrogen) atoms. The van der Waals surface area contributed by atoms with E-state index in [2.05, 4.69) is 10.0 Å². The first-order valence-electron chi connectivity index (χ1n) is 10.5. The molecular formula is C25H28N2O5S. The molecular weight excluding hydrogens is 440 g/mol. The van der Waals surface area contributed by atoms with Crippen LogP contribution in [0.2, 0.25) is 0 Å². The molecule has 0 aliphatic carbocycles. The number of sulfonamides is 1. The summed E-state index contributed by atoms with van der Waals surface area (Å²) in [6.45, 7) is 5.73. The Hall–Kier alpha value is -3.52. The van der Waals surface area contributed by atoms with Crippen LogP contribution in [0.25, 0.3) is 0 Å². The molecule has 0 spiro atoms. The highest BCUT2D eigenvalue weighted by Gasteiger charge is 2.20. The van der Waals surface area contributed by atoms with Gasteiger partial charge in [-0.15, -0.1) is 0 Å². The Balaban J connectivity index is 1.67. The number of rotatable bonds is 9. The zero-order chi connectivity index (χ0) is 24.0. The van der Waals surface area contributed by atoms with E-state index in [9.17, 15) is 13.2 Å². The molecule has 1 atom stereocenters. The Kier molecular flexibility index (Phi) is 7.60. The Bertz CT molecular complexity index is 1220. The summed E-state index contributed by atoms with van der Waals surface area (Å²) in [5.41, 5.74) is 3.04. The van der Waals surface area contributed by atoms with Crippen molar-refractivity contribution in [1.82, 2.24) is 0 Å². The van der Waals surface area contributed by atoms with Gasteiger partial charge in [0.25, 0.3) is 15.9 Å². The van der Waals surface area contributed by atoms with Crippen molar-refractivity contribution in [3.8, 4) is 11.5 Å². The van der Waals surface area contributed by atoms with Gasteiger partial charge in [0.05, 0.1) is 12.0 Å². The topological polar surface area (TPSA) is 93.7 Å².